The van der Waals surface area contributed by atoms with Gasteiger partial charge in [0, 0.05) is 10.5 Å². The molecule has 1 aliphatic carbocycles. The summed E-state index contributed by atoms with van der Waals surface area (Å²) in [6.45, 7) is -0.982. The first-order valence-electron chi connectivity index (χ1n) is 3.76. The lowest BCUT2D eigenvalue weighted by Crippen LogP contribution is -1.95. The van der Waals surface area contributed by atoms with E-state index in [1.807, 2.05) is 0 Å². The first kappa shape index (κ1) is 12.0. The maximum Gasteiger partial charge on any atom is 0.207 e. The Bertz CT molecular complexity index is 504. The van der Waals surface area contributed by atoms with E-state index in [0.717, 1.165) is 5.73 Å². The lowest BCUT2D eigenvalue weighted by molar-refractivity contribution is 0.496. The van der Waals surface area contributed by atoms with Gasteiger partial charge in [0.05, 0.1) is 6.54 Å². The van der Waals surface area contributed by atoms with Crippen molar-refractivity contribution in [2.24, 2.45) is 5.11 Å². The molecule has 0 heterocycles. The Morgan fingerprint density at radius 1 is 1.00 bits per heavy atom. The van der Waals surface area contributed by atoms with Gasteiger partial charge in [-0.1, -0.05) is 5.11 Å². The standard InChI is InChI=1S/C8H2F5N3/c9-4-1-5(10)8(13)7(12)3(6(4)11)2-15-16-14/h2H2. The van der Waals surface area contributed by atoms with Crippen LogP contribution in [0, 0.1) is 0 Å². The van der Waals surface area contributed by atoms with Crippen LogP contribution in [0.15, 0.2) is 45.6 Å². The van der Waals surface area contributed by atoms with Gasteiger partial charge in [0.2, 0.25) is 17.5 Å². The van der Waals surface area contributed by atoms with Crippen molar-refractivity contribution < 1.29 is 22.0 Å². The Morgan fingerprint density at radius 2 is 1.56 bits per heavy atom. The van der Waals surface area contributed by atoms with E-state index in [1.54, 1.807) is 0 Å². The van der Waals surface area contributed by atoms with Gasteiger partial charge < -0.3 is 0 Å². The molecule has 3 nitrogen and oxygen atoms in total. The summed E-state index contributed by atoms with van der Waals surface area (Å²) in [6, 6.07) is 0. The zero-order valence-corrected chi connectivity index (χ0v) is 7.44. The second-order valence-corrected chi connectivity index (χ2v) is 2.56. The van der Waals surface area contributed by atoms with Crippen LogP contribution in [-0.2, 0) is 0 Å². The Balaban J connectivity index is 3.42. The maximum absolute atomic E-state index is 13.0. The van der Waals surface area contributed by atoms with Crippen LogP contribution in [0.5, 0.6) is 0 Å². The molecule has 0 bridgehead atoms. The fourth-order valence-corrected chi connectivity index (χ4v) is 0.905. The summed E-state index contributed by atoms with van der Waals surface area (Å²) >= 11 is 0. The van der Waals surface area contributed by atoms with Crippen LogP contribution in [-0.4, -0.2) is 6.54 Å². The van der Waals surface area contributed by atoms with Crippen LogP contribution in [0.3, 0.4) is 0 Å². The van der Waals surface area contributed by atoms with Crippen LogP contribution < -0.4 is 0 Å². The topological polar surface area (TPSA) is 48.8 Å². The van der Waals surface area contributed by atoms with E-state index in [1.165, 1.54) is 0 Å². The van der Waals surface area contributed by atoms with Crippen LogP contribution in [0.25, 0.3) is 10.4 Å². The summed E-state index contributed by atoms with van der Waals surface area (Å²) in [7, 11) is 0. The molecule has 1 aliphatic rings. The number of hydrogen-bond donors (Lipinski definition) is 0. The van der Waals surface area contributed by atoms with Crippen molar-refractivity contribution in [2.75, 3.05) is 6.54 Å². The second-order valence-electron chi connectivity index (χ2n) is 2.56. The Labute approximate surface area is 85.5 Å². The lowest BCUT2D eigenvalue weighted by Gasteiger charge is -2.01. The molecule has 0 atom stereocenters. The molecule has 84 valence electrons. The van der Waals surface area contributed by atoms with E-state index in [0.29, 0.717) is 0 Å². The molecular formula is C8H2F5N3. The molecule has 0 spiro atoms. The smallest absolute Gasteiger partial charge is 0.203 e. The number of halogens is 5. The molecule has 0 fully saturated rings. The molecule has 0 N–H and O–H groups in total. The lowest BCUT2D eigenvalue weighted by atomic mass is 10.2. The third-order valence-electron chi connectivity index (χ3n) is 1.62. The predicted molar refractivity (Wildman–Crippen MR) is 44.1 cm³/mol. The summed E-state index contributed by atoms with van der Waals surface area (Å²) in [5.74, 6) is -9.80. The van der Waals surface area contributed by atoms with Crippen LogP contribution in [0.2, 0.25) is 0 Å². The molecule has 0 radical (unpaired) electrons. The molecule has 16 heavy (non-hydrogen) atoms. The van der Waals surface area contributed by atoms with Gasteiger partial charge in [-0.2, -0.15) is 13.2 Å². The van der Waals surface area contributed by atoms with E-state index in [4.69, 9.17) is 5.53 Å². The first-order valence-corrected chi connectivity index (χ1v) is 3.76. The number of nitrogens with zero attached hydrogens (tertiary/aromatic N) is 3. The third kappa shape index (κ3) is 2.13. The number of hydrogen-bond acceptors (Lipinski definition) is 1. The average molecular weight is 235 g/mol. The van der Waals surface area contributed by atoms with Gasteiger partial charge in [0.15, 0.2) is 11.7 Å². The quantitative estimate of drug-likeness (QED) is 0.228. The van der Waals surface area contributed by atoms with Crippen molar-refractivity contribution in [1.29, 1.82) is 0 Å². The maximum atomic E-state index is 13.0. The molecule has 0 aliphatic heterocycles. The molecule has 0 aromatic heterocycles. The molecule has 0 amide bonds. The summed E-state index contributed by atoms with van der Waals surface area (Å²) in [5.41, 5.74) is 7.75. The van der Waals surface area contributed by atoms with Gasteiger partial charge in [0.25, 0.3) is 0 Å². The highest BCUT2D eigenvalue weighted by atomic mass is 19.2. The molecule has 0 unspecified atom stereocenters. The zero-order chi connectivity index (χ0) is 12.3. The highest BCUT2D eigenvalue weighted by Gasteiger charge is 2.24. The number of allylic oxidation sites excluding steroid dienone is 3. The van der Waals surface area contributed by atoms with Gasteiger partial charge >= 0.3 is 0 Å². The third-order valence-corrected chi connectivity index (χ3v) is 1.62. The molecule has 0 aromatic carbocycles. The molecule has 8 heteroatoms. The van der Waals surface area contributed by atoms with E-state index >= 15 is 0 Å². The Kier molecular flexibility index (Phi) is 3.50. The van der Waals surface area contributed by atoms with Gasteiger partial charge in [-0.3, -0.25) is 0 Å². The summed E-state index contributed by atoms with van der Waals surface area (Å²) < 4.78 is 64.1. The molecule has 1 rings (SSSR count). The molecular weight excluding hydrogens is 233 g/mol. The summed E-state index contributed by atoms with van der Waals surface area (Å²) in [4.78, 5) is 2.16. The SMILES string of the molecule is [N-]=[N+]=NCC1=C(F)C(F)=C=C(F)C(F)=C1F. The van der Waals surface area contributed by atoms with Crippen molar-refractivity contribution in [1.82, 2.24) is 0 Å². The minimum Gasteiger partial charge on any atom is -0.203 e. The van der Waals surface area contributed by atoms with E-state index in [2.05, 4.69) is 10.0 Å². The van der Waals surface area contributed by atoms with E-state index in [9.17, 15) is 22.0 Å². The number of rotatable bonds is 2. The van der Waals surface area contributed by atoms with Crippen molar-refractivity contribution in [3.05, 3.63) is 50.9 Å². The van der Waals surface area contributed by atoms with E-state index in [-0.39, 0.29) is 0 Å². The Morgan fingerprint density at radius 3 is 2.12 bits per heavy atom. The van der Waals surface area contributed by atoms with Crippen molar-refractivity contribution in [2.45, 2.75) is 0 Å². The summed E-state index contributed by atoms with van der Waals surface area (Å²) in [6.07, 6.45) is 0. The fraction of sp³-hybridized carbons (Fsp3) is 0.125. The van der Waals surface area contributed by atoms with Crippen LogP contribution in [0.4, 0.5) is 22.0 Å². The van der Waals surface area contributed by atoms with Gasteiger partial charge in [0.1, 0.15) is 0 Å². The van der Waals surface area contributed by atoms with Gasteiger partial charge in [-0.05, 0) is 11.3 Å². The minimum atomic E-state index is -2.09. The minimum absolute atomic E-state index is 0.982. The first-order chi connectivity index (χ1) is 7.49. The predicted octanol–water partition coefficient (Wildman–Crippen LogP) is 3.99. The molecule has 0 aromatic rings. The van der Waals surface area contributed by atoms with Crippen molar-refractivity contribution >= 4 is 0 Å². The van der Waals surface area contributed by atoms with Crippen molar-refractivity contribution in [3.63, 3.8) is 0 Å². The number of azide groups is 1. The zero-order valence-electron chi connectivity index (χ0n) is 7.44. The van der Waals surface area contributed by atoms with Crippen LogP contribution in [0.1, 0.15) is 0 Å². The van der Waals surface area contributed by atoms with Gasteiger partial charge in [-0.15, -0.1) is 0 Å². The molecule has 0 saturated carbocycles. The largest absolute Gasteiger partial charge is 0.207 e. The Hall–Kier alpha value is -2.04. The monoisotopic (exact) mass is 235 g/mol. The highest BCUT2D eigenvalue weighted by molar-refractivity contribution is 5.45. The van der Waals surface area contributed by atoms with Crippen LogP contribution >= 0.6 is 0 Å². The van der Waals surface area contributed by atoms with Crippen molar-refractivity contribution in [3.8, 4) is 0 Å². The average Bonchev–Trinajstić information content (AvgIpc) is 2.32. The fourth-order valence-electron chi connectivity index (χ4n) is 0.905. The molecule has 0 saturated heterocycles. The van der Waals surface area contributed by atoms with E-state index < -0.39 is 41.3 Å². The summed E-state index contributed by atoms with van der Waals surface area (Å²) in [5, 5.41) is 2.73. The normalized spacial score (nSPS) is 16.6. The highest BCUT2D eigenvalue weighted by Crippen LogP contribution is 2.32. The van der Waals surface area contributed by atoms with Gasteiger partial charge in [-0.25, -0.2) is 8.78 Å². The second kappa shape index (κ2) is 4.65.